The fourth-order valence-corrected chi connectivity index (χ4v) is 1.52. The molecule has 0 N–H and O–H groups in total. The Kier molecular flexibility index (Phi) is 3.77. The Morgan fingerprint density at radius 2 is 1.67 bits per heavy atom. The number of nitrogens with zero attached hydrogens (tertiary/aromatic N) is 2. The van der Waals surface area contributed by atoms with E-state index in [9.17, 15) is 24.6 Å². The molecule has 94 valence electrons. The second-order valence-corrected chi connectivity index (χ2v) is 3.32. The number of fused-ring (bicyclic) bond motifs is 1. The van der Waals surface area contributed by atoms with E-state index in [2.05, 4.69) is 0 Å². The predicted molar refractivity (Wildman–Crippen MR) is 64.5 cm³/mol. The molecule has 0 saturated carbocycles. The summed E-state index contributed by atoms with van der Waals surface area (Å²) in [4.78, 5) is 19.6. The zero-order valence-corrected chi connectivity index (χ0v) is 9.52. The van der Waals surface area contributed by atoms with Crippen molar-refractivity contribution in [3.8, 4) is 0 Å². The molecular weight excluding hydrogens is 267 g/mol. The number of nitro groups is 2. The Hall–Kier alpha value is -2.28. The topological polar surface area (TPSA) is 86.3 Å². The Labute approximate surface area is 106 Å². The van der Waals surface area contributed by atoms with Crippen molar-refractivity contribution in [3.05, 3.63) is 56.4 Å². The zero-order valence-electron chi connectivity index (χ0n) is 8.70. The van der Waals surface area contributed by atoms with Crippen LogP contribution in [0, 0.1) is 26.0 Å². The van der Waals surface area contributed by atoms with Crippen LogP contribution in [0.5, 0.6) is 0 Å². The van der Waals surface area contributed by atoms with E-state index >= 15 is 0 Å². The molecule has 2 rings (SSSR count). The first-order valence-electron chi connectivity index (χ1n) is 4.52. The minimum atomic E-state index is -0.984. The summed E-state index contributed by atoms with van der Waals surface area (Å²) in [5.41, 5.74) is -0.836. The summed E-state index contributed by atoms with van der Waals surface area (Å²) in [7, 11) is 0. The van der Waals surface area contributed by atoms with Gasteiger partial charge >= 0.3 is 5.69 Å². The molecule has 0 heterocycles. The van der Waals surface area contributed by atoms with Crippen molar-refractivity contribution in [1.29, 1.82) is 0 Å². The van der Waals surface area contributed by atoms with E-state index in [1.54, 1.807) is 0 Å². The molecule has 6 nitrogen and oxygen atoms in total. The van der Waals surface area contributed by atoms with E-state index in [1.165, 1.54) is 12.1 Å². The van der Waals surface area contributed by atoms with Gasteiger partial charge in [0.05, 0.1) is 9.85 Å². The second kappa shape index (κ2) is 4.92. The summed E-state index contributed by atoms with van der Waals surface area (Å²) < 4.78 is 13.6. The SMILES string of the molecule is Cl.O=[N+]([O-])c1ccc2c(F)c([N+](=O)[O-])ccc2c1. The molecule has 8 heteroatoms. The molecule has 0 aliphatic rings. The fraction of sp³-hybridized carbons (Fsp3) is 0. The van der Waals surface area contributed by atoms with Crippen molar-refractivity contribution < 1.29 is 14.2 Å². The van der Waals surface area contributed by atoms with E-state index in [0.717, 1.165) is 18.2 Å². The van der Waals surface area contributed by atoms with E-state index in [-0.39, 0.29) is 28.9 Å². The van der Waals surface area contributed by atoms with E-state index < -0.39 is 21.4 Å². The molecule has 0 radical (unpaired) electrons. The Morgan fingerprint density at radius 3 is 2.22 bits per heavy atom. The van der Waals surface area contributed by atoms with Crippen molar-refractivity contribution in [2.75, 3.05) is 0 Å². The first kappa shape index (κ1) is 13.8. The minimum absolute atomic E-state index is 0. The maximum atomic E-state index is 13.6. The van der Waals surface area contributed by atoms with Crippen molar-refractivity contribution in [2.45, 2.75) is 0 Å². The van der Waals surface area contributed by atoms with E-state index in [4.69, 9.17) is 0 Å². The van der Waals surface area contributed by atoms with Crippen molar-refractivity contribution in [3.63, 3.8) is 0 Å². The third-order valence-electron chi connectivity index (χ3n) is 2.32. The molecule has 0 bridgehead atoms. The summed E-state index contributed by atoms with van der Waals surface area (Å²) in [5.74, 6) is -0.984. The zero-order chi connectivity index (χ0) is 12.6. The Morgan fingerprint density at radius 1 is 1.00 bits per heavy atom. The van der Waals surface area contributed by atoms with Gasteiger partial charge in [-0.3, -0.25) is 20.2 Å². The monoisotopic (exact) mass is 272 g/mol. The average molecular weight is 273 g/mol. The number of nitro benzene ring substituents is 2. The number of rotatable bonds is 2. The summed E-state index contributed by atoms with van der Waals surface area (Å²) in [5, 5.41) is 21.2. The van der Waals surface area contributed by atoms with Crippen molar-refractivity contribution in [2.24, 2.45) is 0 Å². The van der Waals surface area contributed by atoms with Crippen molar-refractivity contribution in [1.82, 2.24) is 0 Å². The van der Waals surface area contributed by atoms with Gasteiger partial charge in [0.15, 0.2) is 0 Å². The molecule has 2 aromatic carbocycles. The fourth-order valence-electron chi connectivity index (χ4n) is 1.52. The summed E-state index contributed by atoms with van der Waals surface area (Å²) in [6, 6.07) is 5.71. The van der Waals surface area contributed by atoms with E-state index in [1.807, 2.05) is 0 Å². The highest BCUT2D eigenvalue weighted by Gasteiger charge is 2.18. The van der Waals surface area contributed by atoms with Gasteiger partial charge in [0.2, 0.25) is 5.82 Å². The van der Waals surface area contributed by atoms with Crippen LogP contribution in [-0.4, -0.2) is 9.85 Å². The third kappa shape index (κ3) is 2.21. The normalized spacial score (nSPS) is 9.83. The summed E-state index contributed by atoms with van der Waals surface area (Å²) in [6.45, 7) is 0. The van der Waals surface area contributed by atoms with Gasteiger partial charge in [0.1, 0.15) is 0 Å². The predicted octanol–water partition coefficient (Wildman–Crippen LogP) is 3.22. The number of benzene rings is 2. The number of non-ortho nitro benzene ring substituents is 1. The van der Waals surface area contributed by atoms with Gasteiger partial charge < -0.3 is 0 Å². The minimum Gasteiger partial charge on any atom is -0.258 e. The highest BCUT2D eigenvalue weighted by Crippen LogP contribution is 2.28. The van der Waals surface area contributed by atoms with Gasteiger partial charge in [-0.2, -0.15) is 4.39 Å². The van der Waals surface area contributed by atoms with Crippen LogP contribution in [0.15, 0.2) is 30.3 Å². The molecule has 18 heavy (non-hydrogen) atoms. The lowest BCUT2D eigenvalue weighted by molar-refractivity contribution is -0.387. The highest BCUT2D eigenvalue weighted by atomic mass is 35.5. The van der Waals surface area contributed by atoms with Crippen LogP contribution < -0.4 is 0 Å². The standard InChI is InChI=1S/C10H5FN2O4.ClH/c11-10-8-3-2-7(12(14)15)5-6(8)1-4-9(10)13(16)17;/h1-5H;1H. The lowest BCUT2D eigenvalue weighted by Crippen LogP contribution is -1.94. The second-order valence-electron chi connectivity index (χ2n) is 3.32. The van der Waals surface area contributed by atoms with Gasteiger partial charge in [-0.15, -0.1) is 12.4 Å². The first-order valence-corrected chi connectivity index (χ1v) is 4.52. The van der Waals surface area contributed by atoms with Gasteiger partial charge in [-0.05, 0) is 17.5 Å². The van der Waals surface area contributed by atoms with Crippen molar-refractivity contribution >= 4 is 34.6 Å². The molecular formula is C10H6ClFN2O4. The van der Waals surface area contributed by atoms with Crippen LogP contribution in [0.1, 0.15) is 0 Å². The van der Waals surface area contributed by atoms with Crippen LogP contribution in [0.4, 0.5) is 15.8 Å². The lowest BCUT2D eigenvalue weighted by Gasteiger charge is -2.00. The maximum Gasteiger partial charge on any atom is 0.305 e. The summed E-state index contributed by atoms with van der Waals surface area (Å²) >= 11 is 0. The number of halogens is 2. The van der Waals surface area contributed by atoms with Crippen LogP contribution >= 0.6 is 12.4 Å². The van der Waals surface area contributed by atoms with Gasteiger partial charge in [0.25, 0.3) is 5.69 Å². The molecule has 0 aromatic heterocycles. The first-order chi connectivity index (χ1) is 8.00. The largest absolute Gasteiger partial charge is 0.305 e. The van der Waals surface area contributed by atoms with Crippen LogP contribution in [0.3, 0.4) is 0 Å². The van der Waals surface area contributed by atoms with Gasteiger partial charge in [-0.1, -0.05) is 0 Å². The van der Waals surface area contributed by atoms with Crippen LogP contribution in [0.25, 0.3) is 10.8 Å². The molecule has 0 atom stereocenters. The molecule has 0 fully saturated rings. The van der Waals surface area contributed by atoms with E-state index in [0.29, 0.717) is 0 Å². The van der Waals surface area contributed by atoms with Crippen LogP contribution in [0.2, 0.25) is 0 Å². The Bertz CT molecular complexity index is 647. The smallest absolute Gasteiger partial charge is 0.258 e. The quantitative estimate of drug-likeness (QED) is 0.620. The molecule has 0 aliphatic heterocycles. The maximum absolute atomic E-state index is 13.6. The molecule has 0 unspecified atom stereocenters. The van der Waals surface area contributed by atoms with Gasteiger partial charge in [-0.25, -0.2) is 0 Å². The Balaban J connectivity index is 0.00000162. The summed E-state index contributed by atoms with van der Waals surface area (Å²) in [6.07, 6.45) is 0. The molecule has 0 spiro atoms. The molecule has 0 amide bonds. The average Bonchev–Trinajstić information content (AvgIpc) is 2.28. The molecule has 0 saturated heterocycles. The molecule has 2 aromatic rings. The van der Waals surface area contributed by atoms with Crippen LogP contribution in [-0.2, 0) is 0 Å². The number of hydrogen-bond acceptors (Lipinski definition) is 4. The molecule has 0 aliphatic carbocycles. The van der Waals surface area contributed by atoms with Gasteiger partial charge in [0, 0.05) is 23.6 Å². The highest BCUT2D eigenvalue weighted by molar-refractivity contribution is 5.87. The lowest BCUT2D eigenvalue weighted by atomic mass is 10.1. The third-order valence-corrected chi connectivity index (χ3v) is 2.32. The number of hydrogen-bond donors (Lipinski definition) is 0.